The Bertz CT molecular complexity index is 463. The molecule has 1 aromatic heterocycles. The number of piperidine rings is 1. The number of carbonyl (C=O) groups is 1. The topological polar surface area (TPSA) is 57.3 Å². The zero-order valence-corrected chi connectivity index (χ0v) is 13.1. The number of nitrogens with one attached hydrogen (secondary N) is 2. The Morgan fingerprint density at radius 1 is 1.43 bits per heavy atom. The molecule has 0 aromatic carbocycles. The highest BCUT2D eigenvalue weighted by Crippen LogP contribution is 2.14. The molecule has 1 aliphatic rings. The van der Waals surface area contributed by atoms with Crippen LogP contribution in [0, 0.1) is 12.8 Å². The second kappa shape index (κ2) is 7.98. The van der Waals surface area contributed by atoms with Crippen LogP contribution in [0.4, 0.5) is 4.79 Å². The predicted octanol–water partition coefficient (Wildman–Crippen LogP) is 1.92. The number of hydrogen-bond acceptors (Lipinski definition) is 3. The van der Waals surface area contributed by atoms with Crippen molar-refractivity contribution in [1.29, 1.82) is 0 Å². The molecule has 2 rings (SSSR count). The Balaban J connectivity index is 1.61. The van der Waals surface area contributed by atoms with E-state index in [0.29, 0.717) is 13.1 Å². The van der Waals surface area contributed by atoms with Crippen LogP contribution in [0.3, 0.4) is 0 Å². The van der Waals surface area contributed by atoms with Crippen LogP contribution >= 0.6 is 0 Å². The third-order valence-corrected chi connectivity index (χ3v) is 3.83. The zero-order chi connectivity index (χ0) is 15.1. The van der Waals surface area contributed by atoms with E-state index in [1.165, 1.54) is 12.8 Å². The van der Waals surface area contributed by atoms with Gasteiger partial charge in [0.15, 0.2) is 0 Å². The van der Waals surface area contributed by atoms with E-state index < -0.39 is 0 Å². The fourth-order valence-corrected chi connectivity index (χ4v) is 2.75. The minimum absolute atomic E-state index is 0.122. The number of urea groups is 1. The summed E-state index contributed by atoms with van der Waals surface area (Å²) in [7, 11) is 0. The Morgan fingerprint density at radius 2 is 2.29 bits per heavy atom. The van der Waals surface area contributed by atoms with Gasteiger partial charge in [-0.15, -0.1) is 0 Å². The van der Waals surface area contributed by atoms with E-state index in [2.05, 4.69) is 27.4 Å². The van der Waals surface area contributed by atoms with Crippen molar-refractivity contribution in [1.82, 2.24) is 20.5 Å². The van der Waals surface area contributed by atoms with E-state index in [4.69, 9.17) is 0 Å². The minimum Gasteiger partial charge on any atom is -0.337 e. The van der Waals surface area contributed by atoms with Gasteiger partial charge in [-0.1, -0.05) is 13.0 Å². The van der Waals surface area contributed by atoms with Crippen molar-refractivity contribution in [2.75, 3.05) is 26.2 Å². The molecule has 0 spiro atoms. The molecule has 5 heteroatoms. The Labute approximate surface area is 127 Å². The van der Waals surface area contributed by atoms with Gasteiger partial charge in [0, 0.05) is 25.3 Å². The SMILES string of the molecule is Cc1cccc(CNC(=O)NCCN2CCCC(C)C2)n1. The molecule has 1 aromatic rings. The molecular formula is C16H26N4O. The Morgan fingerprint density at radius 3 is 3.05 bits per heavy atom. The molecule has 116 valence electrons. The van der Waals surface area contributed by atoms with E-state index in [0.717, 1.165) is 36.9 Å². The lowest BCUT2D eigenvalue weighted by atomic mass is 10.0. The summed E-state index contributed by atoms with van der Waals surface area (Å²) in [4.78, 5) is 18.5. The van der Waals surface area contributed by atoms with E-state index in [1.54, 1.807) is 0 Å². The van der Waals surface area contributed by atoms with E-state index in [1.807, 2.05) is 25.1 Å². The maximum Gasteiger partial charge on any atom is 0.315 e. The van der Waals surface area contributed by atoms with Gasteiger partial charge in [-0.25, -0.2) is 4.79 Å². The third kappa shape index (κ3) is 5.71. The van der Waals surface area contributed by atoms with Gasteiger partial charge in [-0.05, 0) is 44.4 Å². The van der Waals surface area contributed by atoms with Gasteiger partial charge < -0.3 is 15.5 Å². The highest BCUT2D eigenvalue weighted by atomic mass is 16.2. The van der Waals surface area contributed by atoms with Crippen LogP contribution in [-0.2, 0) is 6.54 Å². The van der Waals surface area contributed by atoms with Crippen LogP contribution in [0.1, 0.15) is 31.2 Å². The maximum absolute atomic E-state index is 11.7. The number of nitrogens with zero attached hydrogens (tertiary/aromatic N) is 2. The summed E-state index contributed by atoms with van der Waals surface area (Å²) in [5.41, 5.74) is 1.85. The molecule has 0 saturated carbocycles. The van der Waals surface area contributed by atoms with Crippen molar-refractivity contribution >= 4 is 6.03 Å². The number of amides is 2. The highest BCUT2D eigenvalue weighted by molar-refractivity contribution is 5.73. The number of likely N-dealkylation sites (tertiary alicyclic amines) is 1. The smallest absolute Gasteiger partial charge is 0.315 e. The first kappa shape index (κ1) is 15.8. The number of hydrogen-bond donors (Lipinski definition) is 2. The predicted molar refractivity (Wildman–Crippen MR) is 84.1 cm³/mol. The molecule has 5 nitrogen and oxygen atoms in total. The lowest BCUT2D eigenvalue weighted by Gasteiger charge is -2.30. The summed E-state index contributed by atoms with van der Waals surface area (Å²) in [6, 6.07) is 5.70. The first-order valence-corrected chi connectivity index (χ1v) is 7.80. The summed E-state index contributed by atoms with van der Waals surface area (Å²) in [6.45, 7) is 8.64. The quantitative estimate of drug-likeness (QED) is 0.871. The van der Waals surface area contributed by atoms with Crippen LogP contribution in [0.25, 0.3) is 0 Å². The van der Waals surface area contributed by atoms with E-state index >= 15 is 0 Å². The van der Waals surface area contributed by atoms with Gasteiger partial charge in [0.2, 0.25) is 0 Å². The number of aromatic nitrogens is 1. The summed E-state index contributed by atoms with van der Waals surface area (Å²) >= 11 is 0. The largest absolute Gasteiger partial charge is 0.337 e. The fourth-order valence-electron chi connectivity index (χ4n) is 2.75. The summed E-state index contributed by atoms with van der Waals surface area (Å²) in [5.74, 6) is 0.778. The molecule has 2 heterocycles. The fraction of sp³-hybridized carbons (Fsp3) is 0.625. The van der Waals surface area contributed by atoms with Crippen molar-refractivity contribution < 1.29 is 4.79 Å². The number of carbonyl (C=O) groups excluding carboxylic acids is 1. The van der Waals surface area contributed by atoms with Gasteiger partial charge in [-0.3, -0.25) is 4.98 Å². The van der Waals surface area contributed by atoms with Crippen LogP contribution in [0.15, 0.2) is 18.2 Å². The molecule has 0 radical (unpaired) electrons. The molecule has 2 amide bonds. The van der Waals surface area contributed by atoms with Crippen LogP contribution in [0.2, 0.25) is 0 Å². The first-order chi connectivity index (χ1) is 10.1. The minimum atomic E-state index is -0.122. The monoisotopic (exact) mass is 290 g/mol. The molecule has 2 N–H and O–H groups in total. The van der Waals surface area contributed by atoms with Crippen LogP contribution in [-0.4, -0.2) is 42.1 Å². The maximum atomic E-state index is 11.7. The molecule has 1 fully saturated rings. The van der Waals surface area contributed by atoms with Gasteiger partial charge in [0.1, 0.15) is 0 Å². The van der Waals surface area contributed by atoms with Crippen molar-refractivity contribution in [2.45, 2.75) is 33.2 Å². The van der Waals surface area contributed by atoms with Gasteiger partial charge >= 0.3 is 6.03 Å². The third-order valence-electron chi connectivity index (χ3n) is 3.83. The lowest BCUT2D eigenvalue weighted by Crippen LogP contribution is -2.42. The van der Waals surface area contributed by atoms with Crippen molar-refractivity contribution in [3.05, 3.63) is 29.6 Å². The molecule has 1 saturated heterocycles. The van der Waals surface area contributed by atoms with Gasteiger partial charge in [-0.2, -0.15) is 0 Å². The molecule has 21 heavy (non-hydrogen) atoms. The van der Waals surface area contributed by atoms with Gasteiger partial charge in [0.25, 0.3) is 0 Å². The summed E-state index contributed by atoms with van der Waals surface area (Å²) < 4.78 is 0. The van der Waals surface area contributed by atoms with Crippen molar-refractivity contribution in [3.8, 4) is 0 Å². The van der Waals surface area contributed by atoms with Crippen molar-refractivity contribution in [2.24, 2.45) is 5.92 Å². The van der Waals surface area contributed by atoms with Crippen LogP contribution in [0.5, 0.6) is 0 Å². The number of pyridine rings is 1. The normalized spacial score (nSPS) is 19.2. The first-order valence-electron chi connectivity index (χ1n) is 7.80. The number of aryl methyl sites for hydroxylation is 1. The van der Waals surface area contributed by atoms with Crippen LogP contribution < -0.4 is 10.6 Å². The zero-order valence-electron chi connectivity index (χ0n) is 13.1. The Kier molecular flexibility index (Phi) is 5.99. The van der Waals surface area contributed by atoms with E-state index in [9.17, 15) is 4.79 Å². The second-order valence-corrected chi connectivity index (χ2v) is 5.93. The van der Waals surface area contributed by atoms with Crippen molar-refractivity contribution in [3.63, 3.8) is 0 Å². The molecule has 1 atom stereocenters. The molecule has 0 aliphatic carbocycles. The Hall–Kier alpha value is -1.62. The highest BCUT2D eigenvalue weighted by Gasteiger charge is 2.15. The summed E-state index contributed by atoms with van der Waals surface area (Å²) in [6.07, 6.45) is 2.60. The average Bonchev–Trinajstić information content (AvgIpc) is 2.45. The number of rotatable bonds is 5. The molecular weight excluding hydrogens is 264 g/mol. The van der Waals surface area contributed by atoms with Gasteiger partial charge in [0.05, 0.1) is 12.2 Å². The van der Waals surface area contributed by atoms with E-state index in [-0.39, 0.29) is 6.03 Å². The summed E-state index contributed by atoms with van der Waals surface area (Å²) in [5, 5.41) is 5.75. The standard InChI is InChI=1S/C16H26N4O/c1-13-5-4-9-20(12-13)10-8-17-16(21)18-11-15-7-3-6-14(2)19-15/h3,6-7,13H,4-5,8-12H2,1-2H3,(H2,17,18,21). The average molecular weight is 290 g/mol. The molecule has 1 unspecified atom stereocenters. The second-order valence-electron chi connectivity index (χ2n) is 5.93. The molecule has 1 aliphatic heterocycles. The lowest BCUT2D eigenvalue weighted by molar-refractivity contribution is 0.184. The molecule has 0 bridgehead atoms.